The highest BCUT2D eigenvalue weighted by Crippen LogP contribution is 2.26. The van der Waals surface area contributed by atoms with Gasteiger partial charge in [-0.1, -0.05) is 0 Å². The van der Waals surface area contributed by atoms with E-state index in [1.54, 1.807) is 0 Å². The van der Waals surface area contributed by atoms with Gasteiger partial charge in [-0.25, -0.2) is 14.0 Å². The van der Waals surface area contributed by atoms with Crippen molar-refractivity contribution in [3.8, 4) is 0 Å². The van der Waals surface area contributed by atoms with Crippen LogP contribution in [0.4, 0.5) is 9.18 Å². The van der Waals surface area contributed by atoms with Gasteiger partial charge in [-0.3, -0.25) is 0 Å². The third kappa shape index (κ3) is 1.88. The predicted molar refractivity (Wildman–Crippen MR) is 40.3 cm³/mol. The number of piperidine rings is 1. The molecule has 0 bridgehead atoms. The molecule has 6 heteroatoms. The molecule has 0 unspecified atom stereocenters. The number of hydrogen-bond donors (Lipinski definition) is 2. The molecule has 1 heterocycles. The number of carboxylic acids is 1. The van der Waals surface area contributed by atoms with Crippen LogP contribution in [0.25, 0.3) is 0 Å². The minimum atomic E-state index is -2.24. The Kier molecular flexibility index (Phi) is 2.40. The summed E-state index contributed by atoms with van der Waals surface area (Å²) >= 11 is 0. The molecule has 0 aromatic heterocycles. The molecule has 2 N–H and O–H groups in total. The zero-order chi connectivity index (χ0) is 10.1. The van der Waals surface area contributed by atoms with E-state index in [1.807, 2.05) is 0 Å². The number of hydrogen-bond acceptors (Lipinski definition) is 2. The van der Waals surface area contributed by atoms with E-state index in [0.717, 1.165) is 4.90 Å². The van der Waals surface area contributed by atoms with Crippen molar-refractivity contribution in [3.63, 3.8) is 0 Å². The molecule has 1 saturated heterocycles. The van der Waals surface area contributed by atoms with Crippen LogP contribution >= 0.6 is 0 Å². The van der Waals surface area contributed by atoms with Gasteiger partial charge < -0.3 is 15.1 Å². The molecule has 1 fully saturated rings. The van der Waals surface area contributed by atoms with Crippen molar-refractivity contribution in [2.75, 3.05) is 13.1 Å². The van der Waals surface area contributed by atoms with Crippen LogP contribution in [0.5, 0.6) is 0 Å². The second-order valence-corrected chi connectivity index (χ2v) is 3.04. The van der Waals surface area contributed by atoms with Gasteiger partial charge in [-0.05, 0) is 0 Å². The van der Waals surface area contributed by atoms with Gasteiger partial charge in [0.05, 0.1) is 0 Å². The number of amides is 1. The van der Waals surface area contributed by atoms with E-state index in [2.05, 4.69) is 0 Å². The number of alkyl halides is 1. The summed E-state index contributed by atoms with van der Waals surface area (Å²) in [5, 5.41) is 17.0. The summed E-state index contributed by atoms with van der Waals surface area (Å²) in [6, 6.07) is 0. The molecule has 1 aliphatic rings. The van der Waals surface area contributed by atoms with Crippen molar-refractivity contribution in [1.82, 2.24) is 4.90 Å². The fourth-order valence-electron chi connectivity index (χ4n) is 1.27. The summed E-state index contributed by atoms with van der Waals surface area (Å²) in [6.45, 7) is -0.115. The third-order valence-corrected chi connectivity index (χ3v) is 2.21. The maximum atomic E-state index is 13.3. The first-order valence-corrected chi connectivity index (χ1v) is 3.86. The maximum Gasteiger partial charge on any atom is 0.407 e. The molecule has 1 amide bonds. The lowest BCUT2D eigenvalue weighted by Crippen LogP contribution is -2.47. The van der Waals surface area contributed by atoms with E-state index in [1.165, 1.54) is 0 Å². The molecule has 0 aromatic carbocycles. The highest BCUT2D eigenvalue weighted by atomic mass is 19.1. The molecular weight excluding hydrogens is 181 g/mol. The molecule has 0 radical (unpaired) electrons. The minimum absolute atomic E-state index is 0.0574. The smallest absolute Gasteiger partial charge is 0.407 e. The number of carboxylic acid groups (broad SMARTS) is 2. The van der Waals surface area contributed by atoms with Gasteiger partial charge in [0, 0.05) is 25.9 Å². The first-order valence-electron chi connectivity index (χ1n) is 3.86. The van der Waals surface area contributed by atoms with Gasteiger partial charge in [0.1, 0.15) is 0 Å². The predicted octanol–water partition coefficient (Wildman–Crippen LogP) is 0.553. The van der Waals surface area contributed by atoms with E-state index in [0.29, 0.717) is 0 Å². The highest BCUT2D eigenvalue weighted by Gasteiger charge is 2.42. The molecular formula is C7H10FNO4. The number of carbonyl (C=O) groups is 2. The molecule has 0 aliphatic carbocycles. The lowest BCUT2D eigenvalue weighted by molar-refractivity contribution is -0.153. The van der Waals surface area contributed by atoms with E-state index in [-0.39, 0.29) is 25.9 Å². The molecule has 0 atom stereocenters. The Bertz CT molecular complexity index is 235. The SMILES string of the molecule is O=C(O)N1CCC(F)(C(=O)O)CC1. The van der Waals surface area contributed by atoms with Crippen LogP contribution in [0.15, 0.2) is 0 Å². The van der Waals surface area contributed by atoms with Gasteiger partial charge in [0.15, 0.2) is 0 Å². The molecule has 13 heavy (non-hydrogen) atoms. The normalized spacial score (nSPS) is 21.2. The van der Waals surface area contributed by atoms with Gasteiger partial charge >= 0.3 is 12.1 Å². The Balaban J connectivity index is 2.56. The van der Waals surface area contributed by atoms with E-state index >= 15 is 0 Å². The fraction of sp³-hybridized carbons (Fsp3) is 0.714. The Hall–Kier alpha value is -1.33. The van der Waals surface area contributed by atoms with Crippen molar-refractivity contribution in [2.24, 2.45) is 0 Å². The van der Waals surface area contributed by atoms with Crippen molar-refractivity contribution >= 4 is 12.1 Å². The first-order chi connectivity index (χ1) is 5.96. The monoisotopic (exact) mass is 191 g/mol. The van der Waals surface area contributed by atoms with Crippen LogP contribution in [-0.4, -0.2) is 45.9 Å². The Morgan fingerprint density at radius 2 is 1.69 bits per heavy atom. The van der Waals surface area contributed by atoms with Gasteiger partial charge in [0.2, 0.25) is 5.67 Å². The van der Waals surface area contributed by atoms with Crippen molar-refractivity contribution < 1.29 is 24.2 Å². The van der Waals surface area contributed by atoms with Crippen LogP contribution in [0.2, 0.25) is 0 Å². The summed E-state index contributed by atoms with van der Waals surface area (Å²) in [5.74, 6) is -1.50. The topological polar surface area (TPSA) is 77.8 Å². The summed E-state index contributed by atoms with van der Waals surface area (Å²) < 4.78 is 13.3. The summed E-state index contributed by atoms with van der Waals surface area (Å²) in [6.07, 6.45) is -1.67. The standard InChI is InChI=1S/C7H10FNO4/c8-7(5(10)11)1-3-9(4-2-7)6(12)13/h1-4H2,(H,10,11)(H,12,13). The van der Waals surface area contributed by atoms with E-state index in [9.17, 15) is 14.0 Å². The second-order valence-electron chi connectivity index (χ2n) is 3.04. The fourth-order valence-corrected chi connectivity index (χ4v) is 1.27. The number of nitrogens with zero attached hydrogens (tertiary/aromatic N) is 1. The van der Waals surface area contributed by atoms with E-state index < -0.39 is 17.7 Å². The maximum absolute atomic E-state index is 13.3. The largest absolute Gasteiger partial charge is 0.479 e. The Labute approximate surface area is 73.8 Å². The van der Waals surface area contributed by atoms with Crippen LogP contribution in [-0.2, 0) is 4.79 Å². The summed E-state index contributed by atoms with van der Waals surface area (Å²) in [4.78, 5) is 21.8. The lowest BCUT2D eigenvalue weighted by atomic mass is 9.94. The molecule has 1 rings (SSSR count). The average Bonchev–Trinajstić information content (AvgIpc) is 2.04. The van der Waals surface area contributed by atoms with Gasteiger partial charge in [-0.2, -0.15) is 0 Å². The van der Waals surface area contributed by atoms with Crippen LogP contribution in [0.1, 0.15) is 12.8 Å². The number of aliphatic carboxylic acids is 1. The number of rotatable bonds is 1. The van der Waals surface area contributed by atoms with Crippen molar-refractivity contribution in [1.29, 1.82) is 0 Å². The quantitative estimate of drug-likeness (QED) is 0.634. The number of likely N-dealkylation sites (tertiary alicyclic amines) is 1. The van der Waals surface area contributed by atoms with Crippen LogP contribution in [0.3, 0.4) is 0 Å². The molecule has 0 spiro atoms. The second kappa shape index (κ2) is 3.20. The average molecular weight is 191 g/mol. The summed E-state index contributed by atoms with van der Waals surface area (Å²) in [7, 11) is 0. The lowest BCUT2D eigenvalue weighted by Gasteiger charge is -2.31. The summed E-state index contributed by atoms with van der Waals surface area (Å²) in [5.41, 5.74) is -2.24. The molecule has 74 valence electrons. The highest BCUT2D eigenvalue weighted by molar-refractivity contribution is 5.78. The zero-order valence-corrected chi connectivity index (χ0v) is 6.86. The zero-order valence-electron chi connectivity index (χ0n) is 6.86. The van der Waals surface area contributed by atoms with Crippen molar-refractivity contribution in [3.05, 3.63) is 0 Å². The third-order valence-electron chi connectivity index (χ3n) is 2.21. The Morgan fingerprint density at radius 3 is 2.00 bits per heavy atom. The van der Waals surface area contributed by atoms with Gasteiger partial charge in [0.25, 0.3) is 0 Å². The Morgan fingerprint density at radius 1 is 1.23 bits per heavy atom. The molecule has 0 aromatic rings. The van der Waals surface area contributed by atoms with E-state index in [4.69, 9.17) is 10.2 Å². The first kappa shape index (κ1) is 9.76. The van der Waals surface area contributed by atoms with Crippen LogP contribution < -0.4 is 0 Å². The molecule has 5 nitrogen and oxygen atoms in total. The number of halogens is 1. The van der Waals surface area contributed by atoms with Crippen molar-refractivity contribution in [2.45, 2.75) is 18.5 Å². The van der Waals surface area contributed by atoms with Gasteiger partial charge in [-0.15, -0.1) is 0 Å². The van der Waals surface area contributed by atoms with Crippen LogP contribution in [0, 0.1) is 0 Å². The minimum Gasteiger partial charge on any atom is -0.479 e. The molecule has 0 saturated carbocycles. The molecule has 1 aliphatic heterocycles.